The van der Waals surface area contributed by atoms with Crippen molar-refractivity contribution in [1.29, 1.82) is 0 Å². The van der Waals surface area contributed by atoms with Gasteiger partial charge in [0.05, 0.1) is 11.8 Å². The highest BCUT2D eigenvalue weighted by Crippen LogP contribution is 2.42. The van der Waals surface area contributed by atoms with Crippen LogP contribution >= 0.6 is 0 Å². The molecule has 1 N–H and O–H groups in total. The number of aliphatic hydroxyl groups is 1. The number of carbonyl (C=O) groups excluding carboxylic acids is 3. The number of ether oxygens (including phenoxy) is 3. The lowest BCUT2D eigenvalue weighted by Gasteiger charge is -2.36. The fraction of sp³-hybridized carbons (Fsp3) is 0.526. The van der Waals surface area contributed by atoms with Gasteiger partial charge < -0.3 is 19.3 Å². The summed E-state index contributed by atoms with van der Waals surface area (Å²) in [4.78, 5) is 36.8. The van der Waals surface area contributed by atoms with Crippen molar-refractivity contribution in [2.24, 2.45) is 11.8 Å². The topological polar surface area (TPSA) is 99.1 Å². The SMILES string of the molecule is C=C1C(=O)OC2C=C(C)C3=CC(=O)C(C)(O3)C(O)C(OC(=O)C(C)C)C12. The number of aliphatic hydroxyl groups excluding tert-OH is 1. The first-order valence-corrected chi connectivity index (χ1v) is 8.48. The number of fused-ring (bicyclic) bond motifs is 3. The molecule has 7 heteroatoms. The van der Waals surface area contributed by atoms with Crippen LogP contribution in [0.1, 0.15) is 27.7 Å². The van der Waals surface area contributed by atoms with Crippen molar-refractivity contribution in [3.63, 3.8) is 0 Å². The summed E-state index contributed by atoms with van der Waals surface area (Å²) in [5.74, 6) is -2.61. The maximum atomic E-state index is 12.5. The van der Waals surface area contributed by atoms with Gasteiger partial charge in [-0.05, 0) is 25.5 Å². The van der Waals surface area contributed by atoms with Crippen LogP contribution in [0.3, 0.4) is 0 Å². The first-order valence-electron chi connectivity index (χ1n) is 8.48. The molecule has 0 amide bonds. The summed E-state index contributed by atoms with van der Waals surface area (Å²) in [5, 5.41) is 11.0. The largest absolute Gasteiger partial charge is 0.476 e. The van der Waals surface area contributed by atoms with Crippen LogP contribution in [-0.4, -0.2) is 46.7 Å². The van der Waals surface area contributed by atoms with Crippen LogP contribution in [0, 0.1) is 11.8 Å². The summed E-state index contributed by atoms with van der Waals surface area (Å²) in [6, 6.07) is 0. The number of carbonyl (C=O) groups is 3. The monoisotopic (exact) mass is 362 g/mol. The summed E-state index contributed by atoms with van der Waals surface area (Å²) in [7, 11) is 0. The average Bonchev–Trinajstić information content (AvgIpc) is 3.02. The molecule has 0 aromatic carbocycles. The molecule has 1 saturated heterocycles. The highest BCUT2D eigenvalue weighted by atomic mass is 16.6. The van der Waals surface area contributed by atoms with Crippen molar-refractivity contribution in [2.45, 2.75) is 51.6 Å². The second kappa shape index (κ2) is 6.09. The van der Waals surface area contributed by atoms with Crippen molar-refractivity contribution >= 4 is 17.7 Å². The molecular formula is C19H22O7. The standard InChI is InChI=1S/C19H22O7/c1-8(2)17(22)25-15-14-10(4)18(23)24-12(14)6-9(3)11-7-13(20)19(5,26-11)16(15)21/h6-8,12,14-16,21H,4H2,1-3,5H3. The Labute approximate surface area is 151 Å². The summed E-state index contributed by atoms with van der Waals surface area (Å²) >= 11 is 0. The fourth-order valence-corrected chi connectivity index (χ4v) is 3.35. The van der Waals surface area contributed by atoms with E-state index < -0.39 is 53.5 Å². The third-order valence-corrected chi connectivity index (χ3v) is 5.09. The zero-order valence-electron chi connectivity index (χ0n) is 15.1. The number of hydrogen-bond donors (Lipinski definition) is 1. The zero-order chi connectivity index (χ0) is 19.4. The molecule has 7 nitrogen and oxygen atoms in total. The first kappa shape index (κ1) is 18.4. The quantitative estimate of drug-likeness (QED) is 0.582. The minimum Gasteiger partial charge on any atom is -0.476 e. The van der Waals surface area contributed by atoms with E-state index in [9.17, 15) is 19.5 Å². The molecule has 3 rings (SSSR count). The minimum absolute atomic E-state index is 0.0856. The van der Waals surface area contributed by atoms with Gasteiger partial charge in [0.1, 0.15) is 24.1 Å². The lowest BCUT2D eigenvalue weighted by molar-refractivity contribution is -0.181. The zero-order valence-corrected chi connectivity index (χ0v) is 15.1. The van der Waals surface area contributed by atoms with E-state index in [4.69, 9.17) is 14.2 Å². The third kappa shape index (κ3) is 2.67. The van der Waals surface area contributed by atoms with E-state index in [0.29, 0.717) is 11.3 Å². The molecule has 0 aliphatic carbocycles. The van der Waals surface area contributed by atoms with E-state index in [1.165, 1.54) is 13.0 Å². The molecule has 5 atom stereocenters. The fourth-order valence-electron chi connectivity index (χ4n) is 3.35. The normalized spacial score (nSPS) is 36.3. The Kier molecular flexibility index (Phi) is 4.30. The second-order valence-corrected chi connectivity index (χ2v) is 7.35. The van der Waals surface area contributed by atoms with Gasteiger partial charge in [-0.3, -0.25) is 9.59 Å². The van der Waals surface area contributed by atoms with E-state index in [1.54, 1.807) is 26.8 Å². The Balaban J connectivity index is 2.12. The molecule has 5 unspecified atom stereocenters. The number of allylic oxidation sites excluding steroid dienone is 1. The van der Waals surface area contributed by atoms with Crippen molar-refractivity contribution < 1.29 is 33.7 Å². The lowest BCUT2D eigenvalue weighted by Crippen LogP contribution is -2.56. The van der Waals surface area contributed by atoms with Crippen molar-refractivity contribution in [3.05, 3.63) is 35.6 Å². The Bertz CT molecular complexity index is 760. The lowest BCUT2D eigenvalue weighted by atomic mass is 9.80. The molecule has 1 fully saturated rings. The van der Waals surface area contributed by atoms with E-state index in [1.807, 2.05) is 0 Å². The van der Waals surface area contributed by atoms with E-state index in [-0.39, 0.29) is 5.57 Å². The van der Waals surface area contributed by atoms with E-state index in [2.05, 4.69) is 6.58 Å². The van der Waals surface area contributed by atoms with Gasteiger partial charge in [-0.15, -0.1) is 0 Å². The van der Waals surface area contributed by atoms with Gasteiger partial charge in [-0.25, -0.2) is 4.79 Å². The Morgan fingerprint density at radius 2 is 2.04 bits per heavy atom. The molecular weight excluding hydrogens is 340 g/mol. The maximum Gasteiger partial charge on any atom is 0.334 e. The molecule has 3 aliphatic rings. The molecule has 3 aliphatic heterocycles. The van der Waals surface area contributed by atoms with Gasteiger partial charge in [0.25, 0.3) is 0 Å². The highest BCUT2D eigenvalue weighted by Gasteiger charge is 2.57. The summed E-state index contributed by atoms with van der Waals surface area (Å²) in [6.45, 7) is 10.2. The van der Waals surface area contributed by atoms with Gasteiger partial charge in [-0.2, -0.15) is 0 Å². The maximum absolute atomic E-state index is 12.5. The molecule has 26 heavy (non-hydrogen) atoms. The molecule has 2 bridgehead atoms. The van der Waals surface area contributed by atoms with Gasteiger partial charge in [0.15, 0.2) is 5.60 Å². The summed E-state index contributed by atoms with van der Waals surface area (Å²) < 4.78 is 16.6. The average molecular weight is 362 g/mol. The number of hydrogen-bond acceptors (Lipinski definition) is 7. The predicted molar refractivity (Wildman–Crippen MR) is 89.6 cm³/mol. The Hall–Kier alpha value is -2.41. The van der Waals surface area contributed by atoms with Crippen LogP contribution in [0.2, 0.25) is 0 Å². The van der Waals surface area contributed by atoms with Crippen LogP contribution < -0.4 is 0 Å². The van der Waals surface area contributed by atoms with Crippen LogP contribution in [0.4, 0.5) is 0 Å². The van der Waals surface area contributed by atoms with Gasteiger partial charge in [0.2, 0.25) is 5.78 Å². The highest BCUT2D eigenvalue weighted by molar-refractivity contribution is 6.00. The van der Waals surface area contributed by atoms with E-state index in [0.717, 1.165) is 0 Å². The van der Waals surface area contributed by atoms with Gasteiger partial charge in [-0.1, -0.05) is 20.4 Å². The van der Waals surface area contributed by atoms with Crippen molar-refractivity contribution in [2.75, 3.05) is 0 Å². The molecule has 0 aromatic heterocycles. The summed E-state index contributed by atoms with van der Waals surface area (Å²) in [6.07, 6.45) is -0.596. The van der Waals surface area contributed by atoms with Crippen LogP contribution in [0.5, 0.6) is 0 Å². The molecule has 0 radical (unpaired) electrons. The second-order valence-electron chi connectivity index (χ2n) is 7.35. The summed E-state index contributed by atoms with van der Waals surface area (Å²) in [5.41, 5.74) is -0.960. The molecule has 0 saturated carbocycles. The third-order valence-electron chi connectivity index (χ3n) is 5.09. The molecule has 140 valence electrons. The molecule has 0 aromatic rings. The minimum atomic E-state index is -1.63. The van der Waals surface area contributed by atoms with Crippen molar-refractivity contribution in [1.82, 2.24) is 0 Å². The smallest absolute Gasteiger partial charge is 0.334 e. The molecule has 3 heterocycles. The van der Waals surface area contributed by atoms with Crippen molar-refractivity contribution in [3.8, 4) is 0 Å². The van der Waals surface area contributed by atoms with Gasteiger partial charge in [0, 0.05) is 11.6 Å². The van der Waals surface area contributed by atoms with Gasteiger partial charge >= 0.3 is 11.9 Å². The van der Waals surface area contributed by atoms with Crippen LogP contribution in [0.15, 0.2) is 35.6 Å². The Morgan fingerprint density at radius 1 is 1.38 bits per heavy atom. The van der Waals surface area contributed by atoms with Crippen LogP contribution in [0.25, 0.3) is 0 Å². The number of ketones is 1. The number of rotatable bonds is 2. The number of esters is 2. The first-order chi connectivity index (χ1) is 12.1. The Morgan fingerprint density at radius 3 is 2.65 bits per heavy atom. The molecule has 0 spiro atoms. The van der Waals surface area contributed by atoms with E-state index >= 15 is 0 Å². The predicted octanol–water partition coefficient (Wildman–Crippen LogP) is 1.21. The van der Waals surface area contributed by atoms with Crippen LogP contribution in [-0.2, 0) is 28.6 Å².